The SMILES string of the molecule is Cc1ccc(C2Nc3ccc(OCC(C)C)cc3C3C=CCC32)s1. The minimum atomic E-state index is 0.415. The number of rotatable bonds is 4. The van der Waals surface area contributed by atoms with Crippen molar-refractivity contribution in [2.45, 2.75) is 39.2 Å². The van der Waals surface area contributed by atoms with E-state index >= 15 is 0 Å². The normalized spacial score (nSPS) is 24.6. The second-order valence-electron chi connectivity index (χ2n) is 7.38. The van der Waals surface area contributed by atoms with Gasteiger partial charge in [-0.3, -0.25) is 0 Å². The summed E-state index contributed by atoms with van der Waals surface area (Å²) < 4.78 is 5.95. The van der Waals surface area contributed by atoms with Crippen LogP contribution in [-0.4, -0.2) is 6.61 Å². The van der Waals surface area contributed by atoms with Crippen LogP contribution in [0.2, 0.25) is 0 Å². The Kier molecular flexibility index (Phi) is 4.13. The molecule has 0 bridgehead atoms. The van der Waals surface area contributed by atoms with E-state index in [-0.39, 0.29) is 0 Å². The highest BCUT2D eigenvalue weighted by molar-refractivity contribution is 7.12. The number of nitrogens with one attached hydrogen (secondary N) is 1. The molecule has 1 aliphatic heterocycles. The van der Waals surface area contributed by atoms with Crippen molar-refractivity contribution in [3.8, 4) is 5.75 Å². The monoisotopic (exact) mass is 339 g/mol. The maximum Gasteiger partial charge on any atom is 0.119 e. The van der Waals surface area contributed by atoms with E-state index in [1.807, 2.05) is 11.3 Å². The van der Waals surface area contributed by atoms with Gasteiger partial charge >= 0.3 is 0 Å². The topological polar surface area (TPSA) is 21.3 Å². The Morgan fingerprint density at radius 2 is 2.12 bits per heavy atom. The average Bonchev–Trinajstić information content (AvgIpc) is 3.21. The first-order valence-corrected chi connectivity index (χ1v) is 9.70. The van der Waals surface area contributed by atoms with Crippen LogP contribution < -0.4 is 10.1 Å². The van der Waals surface area contributed by atoms with Gasteiger partial charge < -0.3 is 10.1 Å². The van der Waals surface area contributed by atoms with Crippen LogP contribution in [0.1, 0.15) is 47.5 Å². The predicted molar refractivity (Wildman–Crippen MR) is 102 cm³/mol. The molecule has 3 atom stereocenters. The Balaban J connectivity index is 1.65. The highest BCUT2D eigenvalue weighted by Crippen LogP contribution is 2.51. The van der Waals surface area contributed by atoms with E-state index in [2.05, 4.69) is 68.6 Å². The molecule has 0 spiro atoms. The molecule has 0 radical (unpaired) electrons. The third-order valence-corrected chi connectivity index (χ3v) is 6.07. The number of anilines is 1. The van der Waals surface area contributed by atoms with E-state index < -0.39 is 0 Å². The van der Waals surface area contributed by atoms with Gasteiger partial charge in [-0.25, -0.2) is 0 Å². The summed E-state index contributed by atoms with van der Waals surface area (Å²) >= 11 is 1.92. The number of fused-ring (bicyclic) bond motifs is 3. The molecule has 1 aromatic carbocycles. The van der Waals surface area contributed by atoms with Gasteiger partial charge in [-0.05, 0) is 61.1 Å². The highest BCUT2D eigenvalue weighted by atomic mass is 32.1. The maximum atomic E-state index is 5.95. The van der Waals surface area contributed by atoms with Gasteiger partial charge in [-0.1, -0.05) is 26.0 Å². The van der Waals surface area contributed by atoms with Crippen LogP contribution >= 0.6 is 11.3 Å². The van der Waals surface area contributed by atoms with E-state index in [1.54, 1.807) is 0 Å². The number of hydrogen-bond donors (Lipinski definition) is 1. The highest BCUT2D eigenvalue weighted by Gasteiger charge is 2.38. The van der Waals surface area contributed by atoms with Crippen molar-refractivity contribution in [2.75, 3.05) is 11.9 Å². The van der Waals surface area contributed by atoms with Gasteiger partial charge in [0.1, 0.15) is 5.75 Å². The zero-order chi connectivity index (χ0) is 16.7. The quantitative estimate of drug-likeness (QED) is 0.698. The van der Waals surface area contributed by atoms with E-state index in [1.165, 1.54) is 21.0 Å². The fourth-order valence-corrected chi connectivity index (χ4v) is 4.83. The number of allylic oxidation sites excluding steroid dienone is 2. The number of aryl methyl sites for hydroxylation is 1. The summed E-state index contributed by atoms with van der Waals surface area (Å²) in [5.74, 6) is 2.64. The van der Waals surface area contributed by atoms with E-state index in [4.69, 9.17) is 4.74 Å². The molecule has 0 saturated heterocycles. The minimum Gasteiger partial charge on any atom is -0.493 e. The minimum absolute atomic E-state index is 0.415. The lowest BCUT2D eigenvalue weighted by Gasteiger charge is -2.37. The molecule has 3 unspecified atom stereocenters. The molecule has 0 fully saturated rings. The van der Waals surface area contributed by atoms with Crippen molar-refractivity contribution in [3.63, 3.8) is 0 Å². The molecular formula is C21H25NOS. The molecule has 0 saturated carbocycles. The Morgan fingerprint density at radius 3 is 2.88 bits per heavy atom. The lowest BCUT2D eigenvalue weighted by atomic mass is 9.79. The van der Waals surface area contributed by atoms with Crippen LogP contribution in [0.4, 0.5) is 5.69 Å². The largest absolute Gasteiger partial charge is 0.493 e. The first-order chi connectivity index (χ1) is 11.6. The number of benzene rings is 1. The lowest BCUT2D eigenvalue weighted by molar-refractivity contribution is 0.270. The summed E-state index contributed by atoms with van der Waals surface area (Å²) in [7, 11) is 0. The summed E-state index contributed by atoms with van der Waals surface area (Å²) in [6.45, 7) is 7.33. The van der Waals surface area contributed by atoms with Crippen LogP contribution in [0.3, 0.4) is 0 Å². The first kappa shape index (κ1) is 15.8. The van der Waals surface area contributed by atoms with Crippen LogP contribution in [0, 0.1) is 18.8 Å². The molecule has 1 N–H and O–H groups in total. The molecule has 2 aromatic rings. The van der Waals surface area contributed by atoms with E-state index in [0.29, 0.717) is 23.8 Å². The Hall–Kier alpha value is -1.74. The standard InChI is InChI=1S/C21H25NOS/c1-13(2)12-23-15-8-9-19-18(11-15)16-5-4-6-17(16)21(22-19)20-10-7-14(3)24-20/h4-5,7-11,13,16-17,21-22H,6,12H2,1-3H3. The fourth-order valence-electron chi connectivity index (χ4n) is 3.83. The summed E-state index contributed by atoms with van der Waals surface area (Å²) in [4.78, 5) is 2.84. The van der Waals surface area contributed by atoms with E-state index in [9.17, 15) is 0 Å². The first-order valence-electron chi connectivity index (χ1n) is 8.88. The van der Waals surface area contributed by atoms with Crippen molar-refractivity contribution in [1.29, 1.82) is 0 Å². The Morgan fingerprint density at radius 1 is 1.25 bits per heavy atom. The molecule has 0 amide bonds. The van der Waals surface area contributed by atoms with Crippen LogP contribution in [0.5, 0.6) is 5.75 Å². The number of hydrogen-bond acceptors (Lipinski definition) is 3. The van der Waals surface area contributed by atoms with Gasteiger partial charge in [0, 0.05) is 21.4 Å². The summed E-state index contributed by atoms with van der Waals surface area (Å²) in [5, 5.41) is 3.80. The third-order valence-electron chi connectivity index (χ3n) is 4.99. The zero-order valence-electron chi connectivity index (χ0n) is 14.6. The van der Waals surface area contributed by atoms with Gasteiger partial charge in [0.2, 0.25) is 0 Å². The Labute approximate surface area is 148 Å². The molecule has 2 aliphatic rings. The van der Waals surface area contributed by atoms with Crippen molar-refractivity contribution in [3.05, 3.63) is 57.8 Å². The average molecular weight is 340 g/mol. The maximum absolute atomic E-state index is 5.95. The molecule has 2 heterocycles. The molecular weight excluding hydrogens is 314 g/mol. The summed E-state index contributed by atoms with van der Waals surface area (Å²) in [6.07, 6.45) is 5.89. The number of thiophene rings is 1. The molecule has 1 aromatic heterocycles. The van der Waals surface area contributed by atoms with Gasteiger partial charge in [0.25, 0.3) is 0 Å². The second kappa shape index (κ2) is 6.29. The van der Waals surface area contributed by atoms with Crippen LogP contribution in [0.25, 0.3) is 0 Å². The Bertz CT molecular complexity index is 761. The summed E-state index contributed by atoms with van der Waals surface area (Å²) in [5.41, 5.74) is 2.65. The fraction of sp³-hybridized carbons (Fsp3) is 0.429. The third kappa shape index (κ3) is 2.86. The molecule has 1 aliphatic carbocycles. The van der Waals surface area contributed by atoms with Gasteiger partial charge in [-0.2, -0.15) is 0 Å². The lowest BCUT2D eigenvalue weighted by Crippen LogP contribution is -2.28. The molecule has 4 rings (SSSR count). The van der Waals surface area contributed by atoms with Crippen molar-refractivity contribution < 1.29 is 4.74 Å². The van der Waals surface area contributed by atoms with Crippen molar-refractivity contribution in [1.82, 2.24) is 0 Å². The van der Waals surface area contributed by atoms with Gasteiger partial charge in [0.05, 0.1) is 12.6 Å². The van der Waals surface area contributed by atoms with Crippen LogP contribution in [0.15, 0.2) is 42.5 Å². The predicted octanol–water partition coefficient (Wildman–Crippen LogP) is 5.92. The molecule has 2 nitrogen and oxygen atoms in total. The molecule has 126 valence electrons. The van der Waals surface area contributed by atoms with Gasteiger partial charge in [0.15, 0.2) is 0 Å². The second-order valence-corrected chi connectivity index (χ2v) is 8.70. The van der Waals surface area contributed by atoms with Gasteiger partial charge in [-0.15, -0.1) is 11.3 Å². The zero-order valence-corrected chi connectivity index (χ0v) is 15.4. The van der Waals surface area contributed by atoms with Crippen molar-refractivity contribution >= 4 is 17.0 Å². The molecule has 3 heteroatoms. The molecule has 24 heavy (non-hydrogen) atoms. The number of ether oxygens (including phenoxy) is 1. The van der Waals surface area contributed by atoms with E-state index in [0.717, 1.165) is 18.8 Å². The van der Waals surface area contributed by atoms with Crippen molar-refractivity contribution in [2.24, 2.45) is 11.8 Å². The van der Waals surface area contributed by atoms with Crippen LogP contribution in [-0.2, 0) is 0 Å². The summed E-state index contributed by atoms with van der Waals surface area (Å²) in [6, 6.07) is 11.5. The smallest absolute Gasteiger partial charge is 0.119 e.